The SMILES string of the molecule is Cc1csc(N2CCN(C(=O)c3cnn4c3OCCC4)CC2C)n1. The molecule has 1 saturated heterocycles. The van der Waals surface area contributed by atoms with Gasteiger partial charge in [0.15, 0.2) is 5.13 Å². The number of anilines is 1. The Kier molecular flexibility index (Phi) is 3.91. The lowest BCUT2D eigenvalue weighted by Crippen LogP contribution is -2.53. The Morgan fingerprint density at radius 2 is 2.25 bits per heavy atom. The van der Waals surface area contributed by atoms with E-state index in [0.29, 0.717) is 31.1 Å². The van der Waals surface area contributed by atoms with Crippen LogP contribution in [0.4, 0.5) is 5.13 Å². The summed E-state index contributed by atoms with van der Waals surface area (Å²) in [5, 5.41) is 7.39. The molecule has 4 rings (SSSR count). The van der Waals surface area contributed by atoms with Crippen LogP contribution in [0.25, 0.3) is 0 Å². The Labute approximate surface area is 144 Å². The largest absolute Gasteiger partial charge is 0.477 e. The zero-order valence-electron chi connectivity index (χ0n) is 13.9. The average molecular weight is 347 g/mol. The summed E-state index contributed by atoms with van der Waals surface area (Å²) >= 11 is 1.66. The highest BCUT2D eigenvalue weighted by atomic mass is 32.1. The van der Waals surface area contributed by atoms with Gasteiger partial charge in [-0.15, -0.1) is 11.3 Å². The fourth-order valence-electron chi connectivity index (χ4n) is 3.29. The van der Waals surface area contributed by atoms with Gasteiger partial charge in [0, 0.05) is 44.0 Å². The van der Waals surface area contributed by atoms with Crippen LogP contribution in [-0.2, 0) is 6.54 Å². The van der Waals surface area contributed by atoms with Crippen LogP contribution in [-0.4, -0.2) is 57.9 Å². The number of carbonyl (C=O) groups excluding carboxylic acids is 1. The maximum atomic E-state index is 12.9. The van der Waals surface area contributed by atoms with E-state index in [2.05, 4.69) is 27.3 Å². The third kappa shape index (κ3) is 2.64. The Morgan fingerprint density at radius 3 is 3.00 bits per heavy atom. The van der Waals surface area contributed by atoms with Crippen molar-refractivity contribution in [2.75, 3.05) is 31.1 Å². The van der Waals surface area contributed by atoms with Gasteiger partial charge in [0.25, 0.3) is 5.91 Å². The molecule has 1 fully saturated rings. The second-order valence-corrected chi connectivity index (χ2v) is 7.19. The number of piperazine rings is 1. The van der Waals surface area contributed by atoms with Crippen molar-refractivity contribution in [3.63, 3.8) is 0 Å². The van der Waals surface area contributed by atoms with Gasteiger partial charge in [-0.05, 0) is 13.8 Å². The molecule has 2 aliphatic heterocycles. The Bertz CT molecular complexity index is 755. The molecule has 1 atom stereocenters. The standard InChI is InChI=1S/C16H21N5O2S/c1-11-10-24-16(18-11)20-6-5-19(9-12(20)2)14(22)13-8-17-21-4-3-7-23-15(13)21/h8,10,12H,3-7,9H2,1-2H3. The number of hydrogen-bond acceptors (Lipinski definition) is 6. The van der Waals surface area contributed by atoms with Crippen molar-refractivity contribution in [2.24, 2.45) is 0 Å². The average Bonchev–Trinajstić information content (AvgIpc) is 3.20. The topological polar surface area (TPSA) is 63.5 Å². The fourth-order valence-corrected chi connectivity index (χ4v) is 4.22. The molecular formula is C16H21N5O2S. The molecule has 0 N–H and O–H groups in total. The molecule has 7 nitrogen and oxygen atoms in total. The normalized spacial score (nSPS) is 20.7. The number of rotatable bonds is 2. The van der Waals surface area contributed by atoms with Crippen molar-refractivity contribution in [3.05, 3.63) is 22.8 Å². The van der Waals surface area contributed by atoms with Gasteiger partial charge in [0.05, 0.1) is 18.5 Å². The zero-order chi connectivity index (χ0) is 16.7. The van der Waals surface area contributed by atoms with Crippen LogP contribution in [0.5, 0.6) is 5.88 Å². The van der Waals surface area contributed by atoms with E-state index in [9.17, 15) is 4.79 Å². The van der Waals surface area contributed by atoms with Gasteiger partial charge in [-0.25, -0.2) is 9.67 Å². The molecule has 128 valence electrons. The van der Waals surface area contributed by atoms with Crippen molar-refractivity contribution in [1.29, 1.82) is 0 Å². The second-order valence-electron chi connectivity index (χ2n) is 6.35. The van der Waals surface area contributed by atoms with Crippen molar-refractivity contribution < 1.29 is 9.53 Å². The molecule has 0 bridgehead atoms. The van der Waals surface area contributed by atoms with Gasteiger partial charge in [-0.3, -0.25) is 4.79 Å². The van der Waals surface area contributed by atoms with Gasteiger partial charge < -0.3 is 14.5 Å². The van der Waals surface area contributed by atoms with Gasteiger partial charge >= 0.3 is 0 Å². The summed E-state index contributed by atoms with van der Waals surface area (Å²) in [6.07, 6.45) is 2.58. The van der Waals surface area contributed by atoms with Gasteiger partial charge in [-0.2, -0.15) is 5.10 Å². The number of ether oxygens (including phenoxy) is 1. The van der Waals surface area contributed by atoms with Gasteiger partial charge in [-0.1, -0.05) is 0 Å². The molecular weight excluding hydrogens is 326 g/mol. The fraction of sp³-hybridized carbons (Fsp3) is 0.562. The van der Waals surface area contributed by atoms with Crippen LogP contribution >= 0.6 is 11.3 Å². The number of amides is 1. The van der Waals surface area contributed by atoms with E-state index in [0.717, 1.165) is 30.3 Å². The van der Waals surface area contributed by atoms with Crippen LogP contribution in [0.15, 0.2) is 11.6 Å². The third-order valence-electron chi connectivity index (χ3n) is 4.54. The number of aromatic nitrogens is 3. The van der Waals surface area contributed by atoms with Crippen molar-refractivity contribution in [3.8, 4) is 5.88 Å². The second kappa shape index (κ2) is 6.08. The lowest BCUT2D eigenvalue weighted by Gasteiger charge is -2.39. The molecule has 0 spiro atoms. The molecule has 2 aromatic rings. The zero-order valence-corrected chi connectivity index (χ0v) is 14.8. The van der Waals surface area contributed by atoms with E-state index in [1.54, 1.807) is 22.2 Å². The van der Waals surface area contributed by atoms with E-state index in [1.807, 2.05) is 11.8 Å². The Hall–Kier alpha value is -2.09. The maximum Gasteiger partial charge on any atom is 0.261 e. The highest BCUT2D eigenvalue weighted by Gasteiger charge is 2.31. The first kappa shape index (κ1) is 15.4. The maximum absolute atomic E-state index is 12.9. The van der Waals surface area contributed by atoms with Crippen LogP contribution in [0.3, 0.4) is 0 Å². The molecule has 8 heteroatoms. The summed E-state index contributed by atoms with van der Waals surface area (Å²) < 4.78 is 7.45. The lowest BCUT2D eigenvalue weighted by atomic mass is 10.1. The quantitative estimate of drug-likeness (QED) is 0.829. The number of thiazole rings is 1. The molecule has 0 radical (unpaired) electrons. The molecule has 0 aliphatic carbocycles. The number of hydrogen-bond donors (Lipinski definition) is 0. The molecule has 2 aromatic heterocycles. The first-order valence-corrected chi connectivity index (χ1v) is 9.18. The highest BCUT2D eigenvalue weighted by Crippen LogP contribution is 2.27. The van der Waals surface area contributed by atoms with E-state index >= 15 is 0 Å². The molecule has 1 unspecified atom stereocenters. The summed E-state index contributed by atoms with van der Waals surface area (Å²) in [5.74, 6) is 0.636. The first-order chi connectivity index (χ1) is 11.6. The molecule has 4 heterocycles. The summed E-state index contributed by atoms with van der Waals surface area (Å²) in [6, 6.07) is 0.237. The minimum Gasteiger partial charge on any atom is -0.477 e. The number of fused-ring (bicyclic) bond motifs is 1. The molecule has 1 amide bonds. The molecule has 24 heavy (non-hydrogen) atoms. The van der Waals surface area contributed by atoms with E-state index in [1.165, 1.54) is 0 Å². The summed E-state index contributed by atoms with van der Waals surface area (Å²) in [6.45, 7) is 7.78. The lowest BCUT2D eigenvalue weighted by molar-refractivity contribution is 0.0719. The highest BCUT2D eigenvalue weighted by molar-refractivity contribution is 7.13. The number of aryl methyl sites for hydroxylation is 2. The summed E-state index contributed by atoms with van der Waals surface area (Å²) in [7, 11) is 0. The van der Waals surface area contributed by atoms with E-state index < -0.39 is 0 Å². The molecule has 0 saturated carbocycles. The van der Waals surface area contributed by atoms with E-state index in [4.69, 9.17) is 4.74 Å². The van der Waals surface area contributed by atoms with Crippen LogP contribution < -0.4 is 9.64 Å². The van der Waals surface area contributed by atoms with Gasteiger partial charge in [0.2, 0.25) is 5.88 Å². The number of nitrogens with zero attached hydrogens (tertiary/aromatic N) is 5. The van der Waals surface area contributed by atoms with E-state index in [-0.39, 0.29) is 11.9 Å². The van der Waals surface area contributed by atoms with Crippen LogP contribution in [0.1, 0.15) is 29.4 Å². The Morgan fingerprint density at radius 1 is 1.38 bits per heavy atom. The van der Waals surface area contributed by atoms with Crippen LogP contribution in [0, 0.1) is 6.92 Å². The third-order valence-corrected chi connectivity index (χ3v) is 5.54. The molecule has 0 aromatic carbocycles. The summed E-state index contributed by atoms with van der Waals surface area (Å²) in [4.78, 5) is 21.6. The predicted molar refractivity (Wildman–Crippen MR) is 91.9 cm³/mol. The smallest absolute Gasteiger partial charge is 0.261 e. The predicted octanol–water partition coefficient (Wildman–Crippen LogP) is 1.78. The minimum atomic E-state index is 0.0139. The van der Waals surface area contributed by atoms with Crippen molar-refractivity contribution in [2.45, 2.75) is 32.9 Å². The first-order valence-electron chi connectivity index (χ1n) is 8.30. The Balaban J connectivity index is 1.48. The minimum absolute atomic E-state index is 0.0139. The van der Waals surface area contributed by atoms with Gasteiger partial charge in [0.1, 0.15) is 5.56 Å². The van der Waals surface area contributed by atoms with Crippen molar-refractivity contribution >= 4 is 22.4 Å². The van der Waals surface area contributed by atoms with Crippen LogP contribution in [0.2, 0.25) is 0 Å². The summed E-state index contributed by atoms with van der Waals surface area (Å²) in [5.41, 5.74) is 1.63. The monoisotopic (exact) mass is 347 g/mol. The number of carbonyl (C=O) groups is 1. The molecule has 2 aliphatic rings. The van der Waals surface area contributed by atoms with Crippen molar-refractivity contribution in [1.82, 2.24) is 19.7 Å².